The van der Waals surface area contributed by atoms with Crippen LogP contribution >= 0.6 is 0 Å². The largest absolute Gasteiger partial charge is 0.489 e. The van der Waals surface area contributed by atoms with Gasteiger partial charge in [0.15, 0.2) is 5.76 Å². The molecule has 0 spiro atoms. The van der Waals surface area contributed by atoms with Crippen LogP contribution in [0, 0.1) is 0 Å². The van der Waals surface area contributed by atoms with Gasteiger partial charge < -0.3 is 14.1 Å². The molecule has 0 aliphatic rings. The summed E-state index contributed by atoms with van der Waals surface area (Å²) in [6.07, 6.45) is 3.64. The monoisotopic (exact) mass is 375 g/mol. The van der Waals surface area contributed by atoms with Gasteiger partial charge in [-0.3, -0.25) is 9.48 Å². The maximum absolute atomic E-state index is 13.1. The summed E-state index contributed by atoms with van der Waals surface area (Å²) in [5, 5.41) is 5.04. The highest BCUT2D eigenvalue weighted by Gasteiger charge is 2.24. The molecule has 0 saturated heterocycles. The number of carbonyl (C=O) groups is 1. The van der Waals surface area contributed by atoms with E-state index in [4.69, 9.17) is 9.15 Å². The molecular formula is C22H21N3O3. The van der Waals surface area contributed by atoms with E-state index in [1.165, 1.54) is 0 Å². The molecule has 0 saturated carbocycles. The van der Waals surface area contributed by atoms with E-state index in [1.807, 2.05) is 67.8 Å². The molecule has 28 heavy (non-hydrogen) atoms. The molecule has 0 fully saturated rings. The zero-order valence-electron chi connectivity index (χ0n) is 15.8. The van der Waals surface area contributed by atoms with Gasteiger partial charge in [0, 0.05) is 43.4 Å². The van der Waals surface area contributed by atoms with Crippen LogP contribution in [0.15, 0.2) is 71.4 Å². The Balaban J connectivity index is 1.62. The summed E-state index contributed by atoms with van der Waals surface area (Å²) in [5.74, 6) is 0.866. The van der Waals surface area contributed by atoms with Crippen molar-refractivity contribution in [2.24, 2.45) is 7.05 Å². The molecular weight excluding hydrogens is 354 g/mol. The standard InChI is InChI=1S/C22H21N3O3/c1-24(13-16-12-23-25(2)14-16)22(26)21-19(15-27-17-8-4-3-5-9-17)18-10-6-7-11-20(18)28-21/h3-12,14H,13,15H2,1-2H3. The van der Waals surface area contributed by atoms with E-state index in [-0.39, 0.29) is 12.5 Å². The summed E-state index contributed by atoms with van der Waals surface area (Å²) < 4.78 is 13.5. The van der Waals surface area contributed by atoms with Gasteiger partial charge in [-0.2, -0.15) is 5.10 Å². The van der Waals surface area contributed by atoms with Gasteiger partial charge in [0.1, 0.15) is 17.9 Å². The summed E-state index contributed by atoms with van der Waals surface area (Å²) in [6.45, 7) is 0.700. The second-order valence-corrected chi connectivity index (χ2v) is 6.69. The number of para-hydroxylation sites is 2. The topological polar surface area (TPSA) is 60.5 Å². The molecule has 0 radical (unpaired) electrons. The van der Waals surface area contributed by atoms with Crippen molar-refractivity contribution < 1.29 is 13.9 Å². The quantitative estimate of drug-likeness (QED) is 0.511. The number of fused-ring (bicyclic) bond motifs is 1. The van der Waals surface area contributed by atoms with Crippen molar-refractivity contribution >= 4 is 16.9 Å². The molecule has 0 N–H and O–H groups in total. The van der Waals surface area contributed by atoms with Crippen molar-refractivity contribution in [3.63, 3.8) is 0 Å². The molecule has 0 aliphatic heterocycles. The summed E-state index contributed by atoms with van der Waals surface area (Å²) in [4.78, 5) is 14.7. The second-order valence-electron chi connectivity index (χ2n) is 6.69. The van der Waals surface area contributed by atoms with Gasteiger partial charge >= 0.3 is 0 Å². The second kappa shape index (κ2) is 7.60. The maximum Gasteiger partial charge on any atom is 0.290 e. The molecule has 142 valence electrons. The average Bonchev–Trinajstić information content (AvgIpc) is 3.29. The number of carbonyl (C=O) groups excluding carboxylic acids is 1. The van der Waals surface area contributed by atoms with E-state index in [9.17, 15) is 4.79 Å². The molecule has 0 bridgehead atoms. The molecule has 2 aromatic carbocycles. The molecule has 0 atom stereocenters. The number of rotatable bonds is 6. The van der Waals surface area contributed by atoms with Crippen LogP contribution in [0.1, 0.15) is 21.7 Å². The maximum atomic E-state index is 13.1. The van der Waals surface area contributed by atoms with Gasteiger partial charge in [0.2, 0.25) is 0 Å². The van der Waals surface area contributed by atoms with Crippen LogP contribution in [0.2, 0.25) is 0 Å². The van der Waals surface area contributed by atoms with Crippen molar-refractivity contribution in [1.29, 1.82) is 0 Å². The third-order valence-corrected chi connectivity index (χ3v) is 4.54. The SMILES string of the molecule is CN(Cc1cnn(C)c1)C(=O)c1oc2ccccc2c1COc1ccccc1. The molecule has 6 nitrogen and oxygen atoms in total. The first kappa shape index (κ1) is 17.9. The number of aromatic nitrogens is 2. The zero-order valence-corrected chi connectivity index (χ0v) is 15.8. The first-order valence-corrected chi connectivity index (χ1v) is 9.03. The molecule has 2 heterocycles. The minimum Gasteiger partial charge on any atom is -0.489 e. The van der Waals surface area contributed by atoms with E-state index in [0.717, 1.165) is 22.3 Å². The minimum absolute atomic E-state index is 0.188. The molecule has 0 unspecified atom stereocenters. The number of amides is 1. The van der Waals surface area contributed by atoms with Crippen LogP contribution in [0.25, 0.3) is 11.0 Å². The Hall–Kier alpha value is -3.54. The highest BCUT2D eigenvalue weighted by molar-refractivity contribution is 5.98. The summed E-state index contributed by atoms with van der Waals surface area (Å²) >= 11 is 0. The number of benzene rings is 2. The lowest BCUT2D eigenvalue weighted by atomic mass is 10.1. The van der Waals surface area contributed by atoms with Crippen molar-refractivity contribution in [2.45, 2.75) is 13.2 Å². The highest BCUT2D eigenvalue weighted by atomic mass is 16.5. The van der Waals surface area contributed by atoms with Gasteiger partial charge in [-0.15, -0.1) is 0 Å². The normalized spacial score (nSPS) is 10.9. The van der Waals surface area contributed by atoms with Crippen LogP contribution in [0.5, 0.6) is 5.75 Å². The number of hydrogen-bond donors (Lipinski definition) is 0. The van der Waals surface area contributed by atoms with Crippen molar-refractivity contribution in [3.8, 4) is 5.75 Å². The van der Waals surface area contributed by atoms with E-state index < -0.39 is 0 Å². The molecule has 4 rings (SSSR count). The Morgan fingerprint density at radius 2 is 1.89 bits per heavy atom. The fourth-order valence-corrected chi connectivity index (χ4v) is 3.16. The zero-order chi connectivity index (χ0) is 19.5. The summed E-state index contributed by atoms with van der Waals surface area (Å²) in [7, 11) is 3.61. The van der Waals surface area contributed by atoms with Crippen LogP contribution in [0.4, 0.5) is 0 Å². The number of furan rings is 1. The Bertz CT molecular complexity index is 1100. The van der Waals surface area contributed by atoms with E-state index in [1.54, 1.807) is 22.8 Å². The van der Waals surface area contributed by atoms with Gasteiger partial charge in [-0.1, -0.05) is 36.4 Å². The van der Waals surface area contributed by atoms with Crippen LogP contribution < -0.4 is 4.74 Å². The van der Waals surface area contributed by atoms with E-state index in [2.05, 4.69) is 5.10 Å². The molecule has 0 aliphatic carbocycles. The third kappa shape index (κ3) is 3.62. The van der Waals surface area contributed by atoms with Crippen molar-refractivity contribution in [2.75, 3.05) is 7.05 Å². The number of hydrogen-bond acceptors (Lipinski definition) is 4. The fraction of sp³-hybridized carbons (Fsp3) is 0.182. The minimum atomic E-state index is -0.188. The smallest absolute Gasteiger partial charge is 0.290 e. The predicted molar refractivity (Wildman–Crippen MR) is 106 cm³/mol. The Morgan fingerprint density at radius 3 is 2.64 bits per heavy atom. The lowest BCUT2D eigenvalue weighted by molar-refractivity contribution is 0.0752. The average molecular weight is 375 g/mol. The first-order chi connectivity index (χ1) is 13.6. The van der Waals surface area contributed by atoms with Crippen LogP contribution in [-0.2, 0) is 20.2 Å². The lowest BCUT2D eigenvalue weighted by Crippen LogP contribution is -2.26. The number of nitrogens with zero attached hydrogens (tertiary/aromatic N) is 3. The fourth-order valence-electron chi connectivity index (χ4n) is 3.16. The van der Waals surface area contributed by atoms with Gasteiger partial charge in [0.05, 0.1) is 6.20 Å². The Kier molecular flexibility index (Phi) is 4.85. The van der Waals surface area contributed by atoms with E-state index in [0.29, 0.717) is 17.9 Å². The summed E-state index contributed by atoms with van der Waals surface area (Å²) in [6, 6.07) is 17.2. The van der Waals surface area contributed by atoms with Crippen LogP contribution in [-0.4, -0.2) is 27.6 Å². The third-order valence-electron chi connectivity index (χ3n) is 4.54. The Morgan fingerprint density at radius 1 is 1.14 bits per heavy atom. The Labute approximate surface area is 162 Å². The van der Waals surface area contributed by atoms with Gasteiger partial charge in [-0.05, 0) is 18.2 Å². The number of aryl methyl sites for hydroxylation is 1. The van der Waals surface area contributed by atoms with Crippen LogP contribution in [0.3, 0.4) is 0 Å². The summed E-state index contributed by atoms with van der Waals surface area (Å²) in [5.41, 5.74) is 2.38. The lowest BCUT2D eigenvalue weighted by Gasteiger charge is -2.15. The highest BCUT2D eigenvalue weighted by Crippen LogP contribution is 2.28. The molecule has 4 aromatic rings. The van der Waals surface area contributed by atoms with Crippen molar-refractivity contribution in [1.82, 2.24) is 14.7 Å². The van der Waals surface area contributed by atoms with E-state index >= 15 is 0 Å². The molecule has 6 heteroatoms. The van der Waals surface area contributed by atoms with Gasteiger partial charge in [0.25, 0.3) is 5.91 Å². The van der Waals surface area contributed by atoms with Crippen molar-refractivity contribution in [3.05, 3.63) is 83.9 Å². The molecule has 2 aromatic heterocycles. The predicted octanol–water partition coefficient (Wildman–Crippen LogP) is 4.02. The first-order valence-electron chi connectivity index (χ1n) is 9.03. The number of ether oxygens (including phenoxy) is 1. The van der Waals surface area contributed by atoms with Gasteiger partial charge in [-0.25, -0.2) is 0 Å². The molecule has 1 amide bonds.